The van der Waals surface area contributed by atoms with Crippen LogP contribution < -0.4 is 10.1 Å². The van der Waals surface area contributed by atoms with Gasteiger partial charge in [0.15, 0.2) is 0 Å². The first-order valence-electron chi connectivity index (χ1n) is 11.5. The molecule has 4 heterocycles. The molecule has 5 rings (SSSR count). The van der Waals surface area contributed by atoms with Crippen LogP contribution in [0, 0.1) is 5.92 Å². The first-order chi connectivity index (χ1) is 16.7. The molecule has 0 spiro atoms. The minimum atomic E-state index is -1.23. The van der Waals surface area contributed by atoms with Crippen molar-refractivity contribution in [3.05, 3.63) is 29.9 Å². The highest BCUT2D eigenvalue weighted by molar-refractivity contribution is 7.16. The average Bonchev–Trinajstić information content (AvgIpc) is 3.22. The number of halogens is 1. The molecule has 0 bridgehead atoms. The normalized spacial score (nSPS) is 17.7. The van der Waals surface area contributed by atoms with Gasteiger partial charge >= 0.3 is 0 Å². The molecule has 0 radical (unpaired) electrons. The minimum Gasteiger partial charge on any atom is -0.481 e. The summed E-state index contributed by atoms with van der Waals surface area (Å²) in [5.41, 5.74) is 4.88. The monoisotopic (exact) mass is 513 g/mol. The number of anilines is 1. The van der Waals surface area contributed by atoms with Crippen LogP contribution in [-0.2, 0) is 16.3 Å². The molecule has 1 saturated carbocycles. The van der Waals surface area contributed by atoms with Crippen LogP contribution in [0.2, 0.25) is 25.7 Å². The van der Waals surface area contributed by atoms with Crippen molar-refractivity contribution in [3.63, 3.8) is 0 Å². The summed E-state index contributed by atoms with van der Waals surface area (Å²) in [6.45, 7) is 7.91. The van der Waals surface area contributed by atoms with Gasteiger partial charge in [0.2, 0.25) is 11.8 Å². The number of hydrogen-bond acceptors (Lipinski definition) is 7. The standard InChI is InChI=1S/C24H28FN5O3SSi/c1-32-23-15(10-19-24(29-23)34-12-26-19)17-11-30(13-33-7-8-35(2,3)4)21-14(17)5-6-20(27-21)28-22(31)16-9-18(16)25/h5-6,10-12,16,18H,7-9,13H2,1-4H3,(H,27,28,31)/t16-,18+/m1/s1. The van der Waals surface area contributed by atoms with E-state index in [1.54, 1.807) is 18.7 Å². The van der Waals surface area contributed by atoms with Crippen LogP contribution in [0.1, 0.15) is 6.42 Å². The molecule has 0 saturated heterocycles. The molecule has 1 N–H and O–H groups in total. The summed E-state index contributed by atoms with van der Waals surface area (Å²) < 4.78 is 26.9. The lowest BCUT2D eigenvalue weighted by molar-refractivity contribution is -0.117. The van der Waals surface area contributed by atoms with E-state index in [1.165, 1.54) is 11.3 Å². The van der Waals surface area contributed by atoms with E-state index in [4.69, 9.17) is 14.5 Å². The van der Waals surface area contributed by atoms with Gasteiger partial charge in [0.05, 0.1) is 18.5 Å². The van der Waals surface area contributed by atoms with Crippen molar-refractivity contribution in [1.82, 2.24) is 19.5 Å². The molecule has 1 amide bonds. The number of amides is 1. The van der Waals surface area contributed by atoms with Crippen LogP contribution in [0.3, 0.4) is 0 Å². The number of pyridine rings is 2. The lowest BCUT2D eigenvalue weighted by Crippen LogP contribution is -2.22. The Morgan fingerprint density at radius 2 is 2.09 bits per heavy atom. The molecule has 4 aromatic heterocycles. The number of aromatic nitrogens is 4. The zero-order valence-electron chi connectivity index (χ0n) is 20.2. The van der Waals surface area contributed by atoms with Crippen molar-refractivity contribution in [2.75, 3.05) is 19.0 Å². The molecule has 2 atom stereocenters. The van der Waals surface area contributed by atoms with E-state index in [0.29, 0.717) is 30.7 Å². The van der Waals surface area contributed by atoms with Gasteiger partial charge in [-0.05, 0) is 30.7 Å². The fourth-order valence-corrected chi connectivity index (χ4v) is 5.26. The molecule has 1 aliphatic carbocycles. The fraction of sp³-hybridized carbons (Fsp3) is 0.417. The highest BCUT2D eigenvalue weighted by atomic mass is 32.1. The molecule has 184 valence electrons. The van der Waals surface area contributed by atoms with E-state index in [9.17, 15) is 9.18 Å². The first-order valence-corrected chi connectivity index (χ1v) is 16.1. The highest BCUT2D eigenvalue weighted by Crippen LogP contribution is 2.38. The number of alkyl halides is 1. The van der Waals surface area contributed by atoms with E-state index in [2.05, 4.69) is 34.9 Å². The number of rotatable bonds is 9. The molecule has 0 aromatic carbocycles. The molecular weight excluding hydrogens is 485 g/mol. The Morgan fingerprint density at radius 3 is 2.80 bits per heavy atom. The van der Waals surface area contributed by atoms with Gasteiger partial charge in [0.25, 0.3) is 0 Å². The Morgan fingerprint density at radius 1 is 1.29 bits per heavy atom. The van der Waals surface area contributed by atoms with Gasteiger partial charge in [-0.25, -0.2) is 19.3 Å². The molecule has 1 fully saturated rings. The third kappa shape index (κ3) is 5.07. The summed E-state index contributed by atoms with van der Waals surface area (Å²) in [6.07, 6.45) is 1.17. The van der Waals surface area contributed by atoms with Crippen molar-refractivity contribution < 1.29 is 18.7 Å². The summed E-state index contributed by atoms with van der Waals surface area (Å²) in [5.74, 6) is -0.0379. The number of thiazole rings is 1. The Bertz CT molecular complexity index is 1400. The summed E-state index contributed by atoms with van der Waals surface area (Å²) >= 11 is 1.46. The zero-order chi connectivity index (χ0) is 24.7. The Labute approximate surface area is 207 Å². The first kappa shape index (κ1) is 23.8. The van der Waals surface area contributed by atoms with Gasteiger partial charge in [-0.1, -0.05) is 19.6 Å². The lowest BCUT2D eigenvalue weighted by atomic mass is 10.1. The van der Waals surface area contributed by atoms with Crippen molar-refractivity contribution >= 4 is 52.5 Å². The number of carbonyl (C=O) groups is 1. The maximum atomic E-state index is 13.3. The third-order valence-corrected chi connectivity index (χ3v) is 8.46. The van der Waals surface area contributed by atoms with Crippen LogP contribution in [-0.4, -0.2) is 53.4 Å². The molecule has 35 heavy (non-hydrogen) atoms. The molecular formula is C24H28FN5O3SSi. The second-order valence-corrected chi connectivity index (χ2v) is 16.5. The van der Waals surface area contributed by atoms with Crippen molar-refractivity contribution in [2.45, 2.75) is 45.0 Å². The number of hydrogen-bond donors (Lipinski definition) is 1. The van der Waals surface area contributed by atoms with Gasteiger partial charge < -0.3 is 19.4 Å². The molecule has 0 aliphatic heterocycles. The van der Waals surface area contributed by atoms with Crippen molar-refractivity contribution in [1.29, 1.82) is 0 Å². The van der Waals surface area contributed by atoms with Gasteiger partial charge in [0.1, 0.15) is 34.7 Å². The molecule has 0 unspecified atom stereocenters. The lowest BCUT2D eigenvalue weighted by Gasteiger charge is -2.15. The summed E-state index contributed by atoms with van der Waals surface area (Å²) in [4.78, 5) is 26.8. The van der Waals surface area contributed by atoms with E-state index in [-0.39, 0.29) is 12.3 Å². The van der Waals surface area contributed by atoms with Gasteiger partial charge in [0, 0.05) is 37.4 Å². The third-order valence-electron chi connectivity index (χ3n) is 6.02. The number of fused-ring (bicyclic) bond motifs is 2. The van der Waals surface area contributed by atoms with Crippen LogP contribution in [0.4, 0.5) is 10.2 Å². The van der Waals surface area contributed by atoms with Crippen LogP contribution in [0.15, 0.2) is 29.9 Å². The number of nitrogens with zero attached hydrogens (tertiary/aromatic N) is 4. The predicted octanol–water partition coefficient (Wildman–Crippen LogP) is 5.33. The number of nitrogens with one attached hydrogen (secondary N) is 1. The second-order valence-electron chi connectivity index (χ2n) is 10.00. The largest absolute Gasteiger partial charge is 0.481 e. The van der Waals surface area contributed by atoms with E-state index >= 15 is 0 Å². The highest BCUT2D eigenvalue weighted by Gasteiger charge is 2.43. The van der Waals surface area contributed by atoms with E-state index in [0.717, 1.165) is 32.9 Å². The Balaban J connectivity index is 1.53. The smallest absolute Gasteiger partial charge is 0.231 e. The number of methoxy groups -OCH3 is 1. The van der Waals surface area contributed by atoms with Crippen LogP contribution in [0.25, 0.3) is 32.5 Å². The maximum Gasteiger partial charge on any atom is 0.231 e. The summed E-state index contributed by atoms with van der Waals surface area (Å²) in [5, 5.41) is 3.61. The maximum absolute atomic E-state index is 13.3. The molecule has 4 aromatic rings. The number of ether oxygens (including phenoxy) is 2. The van der Waals surface area contributed by atoms with Gasteiger partial charge in [-0.3, -0.25) is 4.79 Å². The summed E-state index contributed by atoms with van der Waals surface area (Å²) in [6, 6.07) is 6.65. The zero-order valence-corrected chi connectivity index (χ0v) is 22.0. The van der Waals surface area contributed by atoms with Crippen molar-refractivity contribution in [2.24, 2.45) is 5.92 Å². The minimum absolute atomic E-state index is 0.269. The van der Waals surface area contributed by atoms with Crippen molar-refractivity contribution in [3.8, 4) is 17.0 Å². The van der Waals surface area contributed by atoms with Gasteiger partial charge in [-0.2, -0.15) is 0 Å². The van der Waals surface area contributed by atoms with Gasteiger partial charge in [-0.15, -0.1) is 11.3 Å². The van der Waals surface area contributed by atoms with E-state index < -0.39 is 20.2 Å². The second kappa shape index (κ2) is 9.28. The molecule has 1 aliphatic rings. The van der Waals surface area contributed by atoms with Crippen LogP contribution >= 0.6 is 11.3 Å². The fourth-order valence-electron chi connectivity index (χ4n) is 3.87. The molecule has 11 heteroatoms. The summed E-state index contributed by atoms with van der Waals surface area (Å²) in [7, 11) is 0.372. The van der Waals surface area contributed by atoms with E-state index in [1.807, 2.05) is 22.9 Å². The Kier molecular flexibility index (Phi) is 6.32. The van der Waals surface area contributed by atoms with Crippen LogP contribution in [0.5, 0.6) is 5.88 Å². The molecule has 8 nitrogen and oxygen atoms in total. The topological polar surface area (TPSA) is 91.2 Å². The predicted molar refractivity (Wildman–Crippen MR) is 138 cm³/mol. The quantitative estimate of drug-likeness (QED) is 0.240. The number of carbonyl (C=O) groups excluding carboxylic acids is 1. The average molecular weight is 514 g/mol. The SMILES string of the molecule is COc1nc2scnc2cc1-c1cn(COCC[Si](C)(C)C)c2nc(NC(=O)[C@@H]3C[C@@H]3F)ccc12. The Hall–Kier alpha value is -2.89.